The van der Waals surface area contributed by atoms with E-state index >= 15 is 0 Å². The van der Waals surface area contributed by atoms with E-state index in [0.717, 1.165) is 37.5 Å². The number of hydrogen-bond acceptors (Lipinski definition) is 17. The first-order valence-corrected chi connectivity index (χ1v) is 19.7. The van der Waals surface area contributed by atoms with Crippen LogP contribution in [0, 0.1) is 0 Å². The number of rotatable bonds is 14. The molecule has 4 heterocycles. The van der Waals surface area contributed by atoms with Crippen molar-refractivity contribution in [1.82, 2.24) is 44.7 Å². The van der Waals surface area contributed by atoms with Crippen molar-refractivity contribution >= 4 is 62.3 Å². The molecule has 310 valence electrons. The first-order valence-electron chi connectivity index (χ1n) is 17.4. The van der Waals surface area contributed by atoms with Gasteiger partial charge in [-0.25, -0.2) is 23.6 Å². The fourth-order valence-electron chi connectivity index (χ4n) is 5.14. The van der Waals surface area contributed by atoms with Gasteiger partial charge in [0.05, 0.1) is 31.9 Å². The molecule has 2 fully saturated rings. The SMILES string of the molecule is CN1CCN(CC(=O)NCc2cn(C[C@@H]3[C@H](NC(=O)/C(=N\OC(C)(C)C(=O)OC(C)(C)C)c4csc(NC(=O)OC(C)(C)C)n4)C(=O)N3S(=O)(=O)O)nn2)CC1. The Balaban J connectivity index is 1.52. The van der Waals surface area contributed by atoms with Crippen LogP contribution in [-0.2, 0) is 56.9 Å². The number of ether oxygens (including phenoxy) is 2. The second-order valence-electron chi connectivity index (χ2n) is 15.6. The van der Waals surface area contributed by atoms with Crippen LogP contribution in [0.3, 0.4) is 0 Å². The average Bonchev–Trinajstić information content (AvgIpc) is 3.70. The number of nitrogens with one attached hydrogen (secondary N) is 3. The predicted molar refractivity (Wildman–Crippen MR) is 199 cm³/mol. The third kappa shape index (κ3) is 12.4. The topological polar surface area (TPSA) is 269 Å². The molecule has 2 aliphatic heterocycles. The summed E-state index contributed by atoms with van der Waals surface area (Å²) in [5, 5.41) is 20.8. The maximum Gasteiger partial charge on any atom is 0.413 e. The Morgan fingerprint density at radius 2 is 1.66 bits per heavy atom. The Labute approximate surface area is 328 Å². The van der Waals surface area contributed by atoms with Gasteiger partial charge in [-0.1, -0.05) is 10.4 Å². The highest BCUT2D eigenvalue weighted by Gasteiger charge is 2.54. The Kier molecular flexibility index (Phi) is 13.5. The van der Waals surface area contributed by atoms with Gasteiger partial charge in [0.2, 0.25) is 11.5 Å². The molecule has 2 atom stereocenters. The Morgan fingerprint density at radius 3 is 2.27 bits per heavy atom. The van der Waals surface area contributed by atoms with E-state index in [-0.39, 0.29) is 40.7 Å². The van der Waals surface area contributed by atoms with E-state index in [2.05, 4.69) is 41.3 Å². The number of β-lactam (4-membered cyclic amide) rings is 1. The summed E-state index contributed by atoms with van der Waals surface area (Å²) in [5.41, 5.74) is -3.86. The first kappa shape index (κ1) is 43.9. The molecule has 4 rings (SSSR count). The second-order valence-corrected chi connectivity index (χ2v) is 17.8. The van der Waals surface area contributed by atoms with Gasteiger partial charge < -0.3 is 29.8 Å². The van der Waals surface area contributed by atoms with E-state index in [4.69, 9.17) is 14.3 Å². The number of anilines is 1. The zero-order valence-electron chi connectivity index (χ0n) is 32.7. The van der Waals surface area contributed by atoms with Gasteiger partial charge in [-0.3, -0.25) is 29.2 Å². The molecule has 4 N–H and O–H groups in total. The number of likely N-dealkylation sites (N-methyl/N-ethyl adjacent to an activating group) is 1. The Hall–Kier alpha value is -4.78. The van der Waals surface area contributed by atoms with E-state index in [1.165, 1.54) is 30.1 Å². The zero-order valence-corrected chi connectivity index (χ0v) is 34.3. The van der Waals surface area contributed by atoms with E-state index in [0.29, 0.717) is 5.69 Å². The van der Waals surface area contributed by atoms with Crippen LogP contribution in [0.4, 0.5) is 9.93 Å². The number of aromatic nitrogens is 4. The molecular formula is C32H49N11O11S2. The van der Waals surface area contributed by atoms with Crippen molar-refractivity contribution in [2.24, 2.45) is 5.16 Å². The molecule has 0 spiro atoms. The quantitative estimate of drug-likeness (QED) is 0.0641. The smallest absolute Gasteiger partial charge is 0.413 e. The van der Waals surface area contributed by atoms with Crippen LogP contribution in [0.1, 0.15) is 66.8 Å². The monoisotopic (exact) mass is 827 g/mol. The normalized spacial score (nSPS) is 18.9. The fraction of sp³-hybridized carbons (Fsp3) is 0.656. The number of esters is 1. The van der Waals surface area contributed by atoms with Crippen molar-refractivity contribution in [2.45, 2.75) is 97.4 Å². The van der Waals surface area contributed by atoms with Crippen molar-refractivity contribution in [3.05, 3.63) is 23.0 Å². The molecule has 0 radical (unpaired) electrons. The molecule has 0 aliphatic carbocycles. The molecule has 0 aromatic carbocycles. The highest BCUT2D eigenvalue weighted by molar-refractivity contribution is 7.84. The third-order valence-corrected chi connectivity index (χ3v) is 9.63. The number of hydrogen-bond donors (Lipinski definition) is 4. The zero-order chi connectivity index (χ0) is 41.8. The lowest BCUT2D eigenvalue weighted by molar-refractivity contribution is -0.179. The van der Waals surface area contributed by atoms with E-state index in [9.17, 15) is 36.9 Å². The van der Waals surface area contributed by atoms with Gasteiger partial charge in [0, 0.05) is 31.6 Å². The van der Waals surface area contributed by atoms with Crippen molar-refractivity contribution in [3.8, 4) is 0 Å². The third-order valence-electron chi connectivity index (χ3n) is 7.92. The molecule has 0 bridgehead atoms. The Bertz CT molecular complexity index is 1930. The van der Waals surface area contributed by atoms with Gasteiger partial charge in [-0.15, -0.1) is 16.4 Å². The summed E-state index contributed by atoms with van der Waals surface area (Å²) in [5.74, 6) is -3.32. The molecule has 24 heteroatoms. The molecule has 4 amide bonds. The molecule has 2 saturated heterocycles. The van der Waals surface area contributed by atoms with Gasteiger partial charge in [0.1, 0.15) is 28.6 Å². The molecule has 0 unspecified atom stereocenters. The number of carbonyl (C=O) groups is 5. The summed E-state index contributed by atoms with van der Waals surface area (Å²) in [6.45, 7) is 15.7. The van der Waals surface area contributed by atoms with Crippen molar-refractivity contribution in [1.29, 1.82) is 0 Å². The summed E-state index contributed by atoms with van der Waals surface area (Å²) in [6, 6.07) is -2.95. The standard InChI is InChI=1S/C32H49N11O11S2/c1-30(2,3)52-27(47)32(7,8)54-38-23(20-18-55-28(34-20)36-29(48)53-31(4,5)6)25(45)35-24-21(43(26(24)46)56(49,50)51)16-42-15-19(37-39-42)14-33-22(44)17-41-12-10-40(9)11-13-41/h15,18,21,24H,10-14,16-17H2,1-9H3,(H,33,44)(H,35,45)(H,34,36,48)(H,49,50,51)/b38-23-/t21-,24+/m1/s1. The summed E-state index contributed by atoms with van der Waals surface area (Å²) < 4.78 is 46.4. The van der Waals surface area contributed by atoms with E-state index in [1.807, 2.05) is 11.9 Å². The number of nitrogens with zero attached hydrogens (tertiary/aromatic N) is 8. The van der Waals surface area contributed by atoms with Gasteiger partial charge in [-0.2, -0.15) is 8.42 Å². The van der Waals surface area contributed by atoms with Crippen LogP contribution in [0.25, 0.3) is 0 Å². The number of thiazole rings is 1. The minimum atomic E-state index is -5.10. The van der Waals surface area contributed by atoms with Crippen LogP contribution in [0.15, 0.2) is 16.7 Å². The number of oxime groups is 1. The number of amides is 4. The maximum atomic E-state index is 13.8. The lowest BCUT2D eigenvalue weighted by Gasteiger charge is -2.43. The van der Waals surface area contributed by atoms with Gasteiger partial charge in [-0.05, 0) is 62.4 Å². The Morgan fingerprint density at radius 1 is 1.02 bits per heavy atom. The lowest BCUT2D eigenvalue weighted by Crippen LogP contribution is -2.73. The van der Waals surface area contributed by atoms with Crippen LogP contribution >= 0.6 is 11.3 Å². The average molecular weight is 828 g/mol. The number of carbonyl (C=O) groups excluding carboxylic acids is 5. The molecule has 2 aromatic heterocycles. The number of piperazine rings is 1. The van der Waals surface area contributed by atoms with Crippen molar-refractivity contribution in [3.63, 3.8) is 0 Å². The summed E-state index contributed by atoms with van der Waals surface area (Å²) in [7, 11) is -3.09. The van der Waals surface area contributed by atoms with Gasteiger partial charge in [0.15, 0.2) is 10.8 Å². The van der Waals surface area contributed by atoms with Gasteiger partial charge >= 0.3 is 22.4 Å². The van der Waals surface area contributed by atoms with Crippen LogP contribution in [0.5, 0.6) is 0 Å². The summed E-state index contributed by atoms with van der Waals surface area (Å²) in [6.07, 6.45) is 0.578. The molecule has 2 aromatic rings. The van der Waals surface area contributed by atoms with Crippen molar-refractivity contribution < 1.29 is 51.3 Å². The molecule has 0 saturated carbocycles. The van der Waals surface area contributed by atoms with Gasteiger partial charge in [0.25, 0.3) is 11.8 Å². The first-order chi connectivity index (χ1) is 25.8. The maximum absolute atomic E-state index is 13.8. The lowest BCUT2D eigenvalue weighted by atomic mass is 9.98. The minimum absolute atomic E-state index is 0.00574. The molecular weight excluding hydrogens is 779 g/mol. The largest absolute Gasteiger partial charge is 0.457 e. The van der Waals surface area contributed by atoms with E-state index < -0.39 is 68.8 Å². The summed E-state index contributed by atoms with van der Waals surface area (Å²) in [4.78, 5) is 78.6. The molecule has 56 heavy (non-hydrogen) atoms. The second kappa shape index (κ2) is 17.2. The van der Waals surface area contributed by atoms with Crippen LogP contribution in [-0.4, -0.2) is 151 Å². The predicted octanol–water partition coefficient (Wildman–Crippen LogP) is -0.0152. The molecule has 2 aliphatic rings. The summed E-state index contributed by atoms with van der Waals surface area (Å²) >= 11 is 0.892. The highest BCUT2D eigenvalue weighted by atomic mass is 32.2. The van der Waals surface area contributed by atoms with Crippen molar-refractivity contribution in [2.75, 3.05) is 45.1 Å². The molecule has 22 nitrogen and oxygen atoms in total. The highest BCUT2D eigenvalue weighted by Crippen LogP contribution is 2.26. The van der Waals surface area contributed by atoms with Crippen LogP contribution < -0.4 is 16.0 Å². The fourth-order valence-corrected chi connectivity index (χ4v) is 6.69. The minimum Gasteiger partial charge on any atom is -0.457 e. The van der Waals surface area contributed by atoms with Crippen LogP contribution in [0.2, 0.25) is 0 Å². The van der Waals surface area contributed by atoms with E-state index in [1.54, 1.807) is 41.5 Å².